The summed E-state index contributed by atoms with van der Waals surface area (Å²) in [6.07, 6.45) is 0.458. The fourth-order valence-corrected chi connectivity index (χ4v) is 2.72. The summed E-state index contributed by atoms with van der Waals surface area (Å²) < 4.78 is 5.42. The van der Waals surface area contributed by atoms with Crippen LogP contribution in [0.4, 0.5) is 10.5 Å². The molecule has 1 saturated heterocycles. The van der Waals surface area contributed by atoms with Gasteiger partial charge in [-0.15, -0.1) is 0 Å². The van der Waals surface area contributed by atoms with Crippen LogP contribution < -0.4 is 5.32 Å². The van der Waals surface area contributed by atoms with Crippen LogP contribution in [-0.4, -0.2) is 54.1 Å². The molecule has 1 N–H and O–H groups in total. The number of hydrogen-bond donors (Lipinski definition) is 1. The van der Waals surface area contributed by atoms with Crippen LogP contribution in [0.25, 0.3) is 0 Å². The van der Waals surface area contributed by atoms with Gasteiger partial charge in [-0.1, -0.05) is 12.1 Å². The molecule has 0 saturated carbocycles. The molecule has 24 heavy (non-hydrogen) atoms. The molecule has 1 aliphatic heterocycles. The minimum absolute atomic E-state index is 0.234. The van der Waals surface area contributed by atoms with E-state index < -0.39 is 5.60 Å². The molecule has 0 spiro atoms. The van der Waals surface area contributed by atoms with Crippen molar-refractivity contribution in [1.29, 1.82) is 0 Å². The van der Waals surface area contributed by atoms with E-state index in [0.29, 0.717) is 19.5 Å². The van der Waals surface area contributed by atoms with Crippen LogP contribution in [0.15, 0.2) is 18.2 Å². The normalized spacial score (nSPS) is 15.9. The van der Waals surface area contributed by atoms with Crippen molar-refractivity contribution in [2.45, 2.75) is 39.8 Å². The summed E-state index contributed by atoms with van der Waals surface area (Å²) in [5.74, 6) is 0. The number of amides is 2. The number of nitrogens with zero attached hydrogens (tertiary/aromatic N) is 2. The molecular formula is C18H27N3O3. The Hall–Kier alpha value is -2.08. The zero-order chi connectivity index (χ0) is 17.7. The molecule has 132 valence electrons. The van der Waals surface area contributed by atoms with Crippen molar-refractivity contribution in [3.05, 3.63) is 29.3 Å². The minimum Gasteiger partial charge on any atom is -0.444 e. The lowest BCUT2D eigenvalue weighted by atomic mass is 10.1. The lowest BCUT2D eigenvalue weighted by molar-refractivity contribution is -0.105. The van der Waals surface area contributed by atoms with Gasteiger partial charge >= 0.3 is 6.09 Å². The van der Waals surface area contributed by atoms with Crippen molar-refractivity contribution in [2.24, 2.45) is 0 Å². The number of nitrogens with one attached hydrogen (secondary N) is 1. The molecule has 1 aromatic rings. The standard InChI is InChI=1S/C18H27N3O3/c1-14-11-15(5-6-16(14)19-13-22)12-20-7-9-21(10-8-20)17(23)24-18(2,3)4/h5-6,11,13H,7-10,12H2,1-4H3,(H,19,22). The Bertz CT molecular complexity index is 588. The van der Waals surface area contributed by atoms with Gasteiger partial charge in [0.2, 0.25) is 6.41 Å². The molecule has 0 atom stereocenters. The van der Waals surface area contributed by atoms with Gasteiger partial charge < -0.3 is 15.0 Å². The van der Waals surface area contributed by atoms with E-state index in [-0.39, 0.29) is 6.09 Å². The maximum atomic E-state index is 12.1. The molecule has 2 amide bonds. The van der Waals surface area contributed by atoms with Gasteiger partial charge in [-0.2, -0.15) is 0 Å². The molecule has 0 radical (unpaired) electrons. The average Bonchev–Trinajstić information content (AvgIpc) is 2.49. The summed E-state index contributed by atoms with van der Waals surface area (Å²) in [7, 11) is 0. The lowest BCUT2D eigenvalue weighted by Crippen LogP contribution is -2.49. The first kappa shape index (κ1) is 18.3. The van der Waals surface area contributed by atoms with E-state index in [1.807, 2.05) is 39.8 Å². The predicted octanol–water partition coefficient (Wildman–Crippen LogP) is 2.62. The van der Waals surface area contributed by atoms with Crippen LogP contribution in [0.3, 0.4) is 0 Å². The third-order valence-corrected chi connectivity index (χ3v) is 3.94. The highest BCUT2D eigenvalue weighted by Crippen LogP contribution is 2.18. The minimum atomic E-state index is -0.455. The molecule has 1 aliphatic rings. The third-order valence-electron chi connectivity index (χ3n) is 3.94. The average molecular weight is 333 g/mol. The Morgan fingerprint density at radius 1 is 1.25 bits per heavy atom. The summed E-state index contributed by atoms with van der Waals surface area (Å²) in [5.41, 5.74) is 2.63. The Labute approximate surface area is 143 Å². The fourth-order valence-electron chi connectivity index (χ4n) is 2.72. The van der Waals surface area contributed by atoms with Gasteiger partial charge in [0, 0.05) is 38.4 Å². The van der Waals surface area contributed by atoms with Crippen molar-refractivity contribution < 1.29 is 14.3 Å². The number of aryl methyl sites for hydroxylation is 1. The second-order valence-electron chi connectivity index (χ2n) is 7.16. The van der Waals surface area contributed by atoms with E-state index in [1.165, 1.54) is 5.56 Å². The number of hydrogen-bond acceptors (Lipinski definition) is 4. The summed E-state index contributed by atoms with van der Waals surface area (Å²) in [6.45, 7) is 11.5. The second kappa shape index (κ2) is 7.66. The molecule has 1 fully saturated rings. The van der Waals surface area contributed by atoms with Crippen molar-refractivity contribution in [3.8, 4) is 0 Å². The monoisotopic (exact) mass is 333 g/mol. The molecule has 2 rings (SSSR count). The third kappa shape index (κ3) is 5.23. The Morgan fingerprint density at radius 3 is 2.46 bits per heavy atom. The number of carbonyl (C=O) groups is 2. The summed E-state index contributed by atoms with van der Waals surface area (Å²) in [6, 6.07) is 6.04. The zero-order valence-electron chi connectivity index (χ0n) is 15.0. The van der Waals surface area contributed by atoms with E-state index in [9.17, 15) is 9.59 Å². The number of rotatable bonds is 4. The topological polar surface area (TPSA) is 61.9 Å². The molecule has 6 nitrogen and oxygen atoms in total. The van der Waals surface area contributed by atoms with Crippen molar-refractivity contribution in [1.82, 2.24) is 9.80 Å². The van der Waals surface area contributed by atoms with Crippen molar-refractivity contribution >= 4 is 18.2 Å². The molecule has 1 aromatic carbocycles. The summed E-state index contributed by atoms with van der Waals surface area (Å²) in [5, 5.41) is 2.69. The highest BCUT2D eigenvalue weighted by Gasteiger charge is 2.25. The Balaban J connectivity index is 1.86. The Morgan fingerprint density at radius 2 is 1.92 bits per heavy atom. The molecule has 0 aliphatic carbocycles. The van der Waals surface area contributed by atoms with Gasteiger partial charge in [-0.25, -0.2) is 4.79 Å². The maximum absolute atomic E-state index is 12.1. The maximum Gasteiger partial charge on any atom is 0.410 e. The van der Waals surface area contributed by atoms with Gasteiger partial charge in [0.15, 0.2) is 0 Å². The van der Waals surface area contributed by atoms with Crippen LogP contribution in [0.1, 0.15) is 31.9 Å². The second-order valence-corrected chi connectivity index (χ2v) is 7.16. The highest BCUT2D eigenvalue weighted by molar-refractivity contribution is 5.73. The molecule has 0 aromatic heterocycles. The number of ether oxygens (including phenoxy) is 1. The largest absolute Gasteiger partial charge is 0.444 e. The van der Waals surface area contributed by atoms with E-state index in [2.05, 4.69) is 16.3 Å². The first-order chi connectivity index (χ1) is 11.3. The van der Waals surface area contributed by atoms with Gasteiger partial charge in [0.05, 0.1) is 0 Å². The van der Waals surface area contributed by atoms with Crippen LogP contribution in [0.5, 0.6) is 0 Å². The molecule has 6 heteroatoms. The summed E-state index contributed by atoms with van der Waals surface area (Å²) in [4.78, 5) is 26.7. The molecule has 0 unspecified atom stereocenters. The van der Waals surface area contributed by atoms with E-state index in [0.717, 1.165) is 30.9 Å². The Kier molecular flexibility index (Phi) is 5.83. The van der Waals surface area contributed by atoms with Gasteiger partial charge in [0.1, 0.15) is 5.60 Å². The quantitative estimate of drug-likeness (QED) is 0.861. The zero-order valence-corrected chi connectivity index (χ0v) is 15.0. The predicted molar refractivity (Wildman–Crippen MR) is 93.9 cm³/mol. The number of carbonyl (C=O) groups excluding carboxylic acids is 2. The fraction of sp³-hybridized carbons (Fsp3) is 0.556. The van der Waals surface area contributed by atoms with Crippen LogP contribution in [0.2, 0.25) is 0 Å². The number of anilines is 1. The number of piperazine rings is 1. The molecule has 0 bridgehead atoms. The summed E-state index contributed by atoms with van der Waals surface area (Å²) >= 11 is 0. The first-order valence-electron chi connectivity index (χ1n) is 8.28. The highest BCUT2D eigenvalue weighted by atomic mass is 16.6. The van der Waals surface area contributed by atoms with Crippen molar-refractivity contribution in [3.63, 3.8) is 0 Å². The SMILES string of the molecule is Cc1cc(CN2CCN(C(=O)OC(C)(C)C)CC2)ccc1NC=O. The van der Waals surface area contributed by atoms with Crippen LogP contribution in [0, 0.1) is 6.92 Å². The first-order valence-corrected chi connectivity index (χ1v) is 8.28. The molecule has 1 heterocycles. The van der Waals surface area contributed by atoms with Gasteiger partial charge in [-0.3, -0.25) is 9.69 Å². The van der Waals surface area contributed by atoms with Crippen molar-refractivity contribution in [2.75, 3.05) is 31.5 Å². The van der Waals surface area contributed by atoms with Crippen LogP contribution in [-0.2, 0) is 16.1 Å². The van der Waals surface area contributed by atoms with Gasteiger partial charge in [0.25, 0.3) is 0 Å². The smallest absolute Gasteiger partial charge is 0.410 e. The lowest BCUT2D eigenvalue weighted by Gasteiger charge is -2.35. The molecular weight excluding hydrogens is 306 g/mol. The van der Waals surface area contributed by atoms with Gasteiger partial charge in [-0.05, 0) is 44.9 Å². The van der Waals surface area contributed by atoms with Crippen LogP contribution >= 0.6 is 0 Å². The van der Waals surface area contributed by atoms with E-state index in [1.54, 1.807) is 4.90 Å². The van der Waals surface area contributed by atoms with E-state index >= 15 is 0 Å². The number of benzene rings is 1. The van der Waals surface area contributed by atoms with E-state index in [4.69, 9.17) is 4.74 Å².